The number of sulfonamides is 1. The molecule has 1 heterocycles. The number of hydrogen-bond acceptors (Lipinski definition) is 3. The number of carbonyl (C=O) groups is 1. The monoisotopic (exact) mass is 354 g/mol. The molecule has 0 spiro atoms. The number of amides is 1. The zero-order chi connectivity index (χ0) is 17.3. The molecule has 1 saturated heterocycles. The van der Waals surface area contributed by atoms with Crippen molar-refractivity contribution in [3.05, 3.63) is 30.1 Å². The number of halogens is 1. The fourth-order valence-corrected chi connectivity index (χ4v) is 4.74. The summed E-state index contributed by atoms with van der Waals surface area (Å²) in [6.45, 7) is 2.51. The van der Waals surface area contributed by atoms with E-state index < -0.39 is 15.8 Å². The van der Waals surface area contributed by atoms with E-state index in [2.05, 4.69) is 5.32 Å². The molecule has 1 unspecified atom stereocenters. The Balaban J connectivity index is 1.60. The molecule has 0 radical (unpaired) electrons. The lowest BCUT2D eigenvalue weighted by atomic mass is 9.96. The predicted octanol–water partition coefficient (Wildman–Crippen LogP) is 2.14. The SMILES string of the molecule is CC(NC(=O)C1CCN(S(=O)(=O)c2ccccc2F)CC1)C1CC1. The molecule has 1 saturated carbocycles. The minimum absolute atomic E-state index is 0.0114. The third-order valence-electron chi connectivity index (χ3n) is 4.98. The van der Waals surface area contributed by atoms with Crippen LogP contribution in [0.2, 0.25) is 0 Å². The highest BCUT2D eigenvalue weighted by Gasteiger charge is 2.35. The third-order valence-corrected chi connectivity index (χ3v) is 6.91. The van der Waals surface area contributed by atoms with E-state index in [4.69, 9.17) is 0 Å². The van der Waals surface area contributed by atoms with Gasteiger partial charge in [0.2, 0.25) is 15.9 Å². The van der Waals surface area contributed by atoms with Gasteiger partial charge >= 0.3 is 0 Å². The Morgan fingerprint density at radius 2 is 1.83 bits per heavy atom. The van der Waals surface area contributed by atoms with E-state index in [0.717, 1.165) is 6.07 Å². The molecule has 1 aliphatic carbocycles. The number of piperidine rings is 1. The summed E-state index contributed by atoms with van der Waals surface area (Å²) in [5.41, 5.74) is 0. The van der Waals surface area contributed by atoms with Gasteiger partial charge in [-0.15, -0.1) is 0 Å². The molecule has 1 amide bonds. The summed E-state index contributed by atoms with van der Waals surface area (Å²) in [6.07, 6.45) is 3.27. The molecule has 24 heavy (non-hydrogen) atoms. The van der Waals surface area contributed by atoms with Gasteiger partial charge in [-0.2, -0.15) is 4.31 Å². The third kappa shape index (κ3) is 3.62. The van der Waals surface area contributed by atoms with Gasteiger partial charge in [0.05, 0.1) is 0 Å². The van der Waals surface area contributed by atoms with Gasteiger partial charge in [-0.25, -0.2) is 12.8 Å². The maximum atomic E-state index is 13.8. The van der Waals surface area contributed by atoms with Crippen molar-refractivity contribution in [2.75, 3.05) is 13.1 Å². The molecular formula is C17H23FN2O3S. The van der Waals surface area contributed by atoms with Crippen molar-refractivity contribution in [1.82, 2.24) is 9.62 Å². The molecule has 1 aromatic rings. The first-order valence-corrected chi connectivity index (χ1v) is 9.88. The quantitative estimate of drug-likeness (QED) is 0.881. The van der Waals surface area contributed by atoms with E-state index in [1.165, 1.54) is 35.3 Å². The second kappa shape index (κ2) is 6.80. The van der Waals surface area contributed by atoms with Crippen LogP contribution in [-0.4, -0.2) is 37.8 Å². The fraction of sp³-hybridized carbons (Fsp3) is 0.588. The first kappa shape index (κ1) is 17.4. The average Bonchev–Trinajstić information content (AvgIpc) is 3.40. The zero-order valence-corrected chi connectivity index (χ0v) is 14.6. The molecule has 3 rings (SSSR count). The molecule has 0 aromatic heterocycles. The van der Waals surface area contributed by atoms with Gasteiger partial charge in [0, 0.05) is 25.0 Å². The van der Waals surface area contributed by atoms with Crippen molar-refractivity contribution in [2.24, 2.45) is 11.8 Å². The summed E-state index contributed by atoms with van der Waals surface area (Å²) >= 11 is 0. The summed E-state index contributed by atoms with van der Waals surface area (Å²) in [7, 11) is -3.84. The normalized spacial score (nSPS) is 21.4. The van der Waals surface area contributed by atoms with Gasteiger partial charge in [-0.05, 0) is 50.7 Å². The van der Waals surface area contributed by atoms with Crippen LogP contribution in [0.25, 0.3) is 0 Å². The lowest BCUT2D eigenvalue weighted by Gasteiger charge is -2.31. The molecule has 1 N–H and O–H groups in total. The molecular weight excluding hydrogens is 331 g/mol. The Labute approximate surface area is 142 Å². The fourth-order valence-electron chi connectivity index (χ4n) is 3.21. The molecule has 1 aliphatic heterocycles. The molecule has 0 bridgehead atoms. The van der Waals surface area contributed by atoms with Crippen molar-refractivity contribution < 1.29 is 17.6 Å². The Hall–Kier alpha value is -1.47. The summed E-state index contributed by atoms with van der Waals surface area (Å²) in [5, 5.41) is 3.04. The van der Waals surface area contributed by atoms with Crippen LogP contribution in [0, 0.1) is 17.7 Å². The van der Waals surface area contributed by atoms with Crippen LogP contribution in [0.1, 0.15) is 32.6 Å². The standard InChI is InChI=1S/C17H23FN2O3S/c1-12(13-6-7-13)19-17(21)14-8-10-20(11-9-14)24(22,23)16-5-3-2-4-15(16)18/h2-5,12-14H,6-11H2,1H3,(H,19,21). The van der Waals surface area contributed by atoms with Crippen molar-refractivity contribution in [2.45, 2.75) is 43.5 Å². The van der Waals surface area contributed by atoms with Crippen LogP contribution < -0.4 is 5.32 Å². The lowest BCUT2D eigenvalue weighted by molar-refractivity contribution is -0.126. The first-order chi connectivity index (χ1) is 11.4. The number of carbonyl (C=O) groups excluding carboxylic acids is 1. The largest absolute Gasteiger partial charge is 0.353 e. The van der Waals surface area contributed by atoms with Crippen molar-refractivity contribution in [3.63, 3.8) is 0 Å². The lowest BCUT2D eigenvalue weighted by Crippen LogP contribution is -2.45. The van der Waals surface area contributed by atoms with E-state index in [1.807, 2.05) is 6.92 Å². The number of benzene rings is 1. The van der Waals surface area contributed by atoms with Gasteiger partial charge in [0.25, 0.3) is 0 Å². The number of nitrogens with one attached hydrogen (secondary N) is 1. The molecule has 2 fully saturated rings. The predicted molar refractivity (Wildman–Crippen MR) is 88.2 cm³/mol. The van der Waals surface area contributed by atoms with Crippen molar-refractivity contribution in [3.8, 4) is 0 Å². The Bertz CT molecular complexity index is 710. The van der Waals surface area contributed by atoms with Gasteiger partial charge in [0.1, 0.15) is 10.7 Å². The molecule has 2 aliphatic rings. The highest BCUT2D eigenvalue weighted by Crippen LogP contribution is 2.33. The summed E-state index contributed by atoms with van der Waals surface area (Å²) in [6, 6.07) is 5.59. The average molecular weight is 354 g/mol. The van der Waals surface area contributed by atoms with Crippen LogP contribution >= 0.6 is 0 Å². The van der Waals surface area contributed by atoms with Gasteiger partial charge < -0.3 is 5.32 Å². The second-order valence-corrected chi connectivity index (χ2v) is 8.65. The maximum Gasteiger partial charge on any atom is 0.245 e. The minimum atomic E-state index is -3.84. The van der Waals surface area contributed by atoms with Crippen LogP contribution in [0.5, 0.6) is 0 Å². The number of hydrogen-bond donors (Lipinski definition) is 1. The van der Waals surface area contributed by atoms with Gasteiger partial charge in [-0.1, -0.05) is 12.1 Å². The van der Waals surface area contributed by atoms with Gasteiger partial charge in [-0.3, -0.25) is 4.79 Å². The van der Waals surface area contributed by atoms with E-state index in [1.54, 1.807) is 0 Å². The summed E-state index contributed by atoms with van der Waals surface area (Å²) in [4.78, 5) is 12.0. The highest BCUT2D eigenvalue weighted by molar-refractivity contribution is 7.89. The minimum Gasteiger partial charge on any atom is -0.353 e. The van der Waals surface area contributed by atoms with Crippen LogP contribution in [0.15, 0.2) is 29.2 Å². The first-order valence-electron chi connectivity index (χ1n) is 8.44. The molecule has 1 aromatic carbocycles. The molecule has 1 atom stereocenters. The Kier molecular flexibility index (Phi) is 4.92. The maximum absolute atomic E-state index is 13.8. The van der Waals surface area contributed by atoms with Crippen molar-refractivity contribution in [1.29, 1.82) is 0 Å². The van der Waals surface area contributed by atoms with E-state index in [0.29, 0.717) is 18.8 Å². The second-order valence-electron chi connectivity index (χ2n) is 6.74. The van der Waals surface area contributed by atoms with E-state index in [9.17, 15) is 17.6 Å². The Morgan fingerprint density at radius 3 is 2.42 bits per heavy atom. The summed E-state index contributed by atoms with van der Waals surface area (Å²) < 4.78 is 40.2. The van der Waals surface area contributed by atoms with Crippen LogP contribution in [0.4, 0.5) is 4.39 Å². The van der Waals surface area contributed by atoms with Crippen LogP contribution in [0.3, 0.4) is 0 Å². The van der Waals surface area contributed by atoms with Crippen molar-refractivity contribution >= 4 is 15.9 Å². The molecule has 132 valence electrons. The van der Waals surface area contributed by atoms with Gasteiger partial charge in [0.15, 0.2) is 0 Å². The summed E-state index contributed by atoms with van der Waals surface area (Å²) in [5.74, 6) is -0.304. The Morgan fingerprint density at radius 1 is 1.21 bits per heavy atom. The zero-order valence-electron chi connectivity index (χ0n) is 13.7. The molecule has 7 heteroatoms. The number of rotatable bonds is 5. The molecule has 5 nitrogen and oxygen atoms in total. The number of nitrogens with zero attached hydrogens (tertiary/aromatic N) is 1. The van der Waals surface area contributed by atoms with E-state index >= 15 is 0 Å². The van der Waals surface area contributed by atoms with E-state index in [-0.39, 0.29) is 35.9 Å². The van der Waals surface area contributed by atoms with Crippen LogP contribution in [-0.2, 0) is 14.8 Å². The highest BCUT2D eigenvalue weighted by atomic mass is 32.2. The topological polar surface area (TPSA) is 66.5 Å². The smallest absolute Gasteiger partial charge is 0.245 e.